The zero-order valence-corrected chi connectivity index (χ0v) is 9.43. The Bertz CT molecular complexity index is 273. The van der Waals surface area contributed by atoms with Gasteiger partial charge in [-0.25, -0.2) is 5.01 Å². The van der Waals surface area contributed by atoms with Crippen molar-refractivity contribution in [2.45, 2.75) is 4.90 Å². The Balaban J connectivity index is 2.88. The molecule has 0 saturated carbocycles. The second-order valence-electron chi connectivity index (χ2n) is 3.07. The fourth-order valence-corrected chi connectivity index (χ4v) is 1.50. The van der Waals surface area contributed by atoms with E-state index in [-0.39, 0.29) is 0 Å². The van der Waals surface area contributed by atoms with E-state index >= 15 is 0 Å². The number of hydrogen-bond donors (Lipinski definition) is 0. The zero-order chi connectivity index (χ0) is 9.84. The molecule has 13 heavy (non-hydrogen) atoms. The molecular weight excluding hydrogens is 180 g/mol. The maximum absolute atomic E-state index is 2.19. The highest BCUT2D eigenvalue weighted by atomic mass is 32.2. The average molecular weight is 196 g/mol. The third-order valence-electron chi connectivity index (χ3n) is 2.03. The van der Waals surface area contributed by atoms with Crippen LogP contribution < -0.4 is 5.01 Å². The SMILES string of the molecule is CSc1cccc(N(C)N(C)C)c1. The Kier molecular flexibility index (Phi) is 3.63. The largest absolute Gasteiger partial charge is 0.309 e. The molecule has 0 aromatic heterocycles. The molecule has 0 amide bonds. The summed E-state index contributed by atoms with van der Waals surface area (Å²) in [5, 5.41) is 4.17. The smallest absolute Gasteiger partial charge is 0.0529 e. The molecule has 1 aromatic rings. The van der Waals surface area contributed by atoms with Crippen LogP contribution >= 0.6 is 11.8 Å². The van der Waals surface area contributed by atoms with Gasteiger partial charge in [-0.05, 0) is 24.5 Å². The Labute approximate surface area is 84.5 Å². The second-order valence-corrected chi connectivity index (χ2v) is 3.95. The molecule has 0 unspecified atom stereocenters. The van der Waals surface area contributed by atoms with Gasteiger partial charge < -0.3 is 5.01 Å². The summed E-state index contributed by atoms with van der Waals surface area (Å²) in [6, 6.07) is 8.50. The predicted molar refractivity (Wildman–Crippen MR) is 60.3 cm³/mol. The number of hydrazine groups is 1. The van der Waals surface area contributed by atoms with E-state index in [1.54, 1.807) is 11.8 Å². The monoisotopic (exact) mass is 196 g/mol. The van der Waals surface area contributed by atoms with E-state index in [1.165, 1.54) is 10.6 Å². The van der Waals surface area contributed by atoms with E-state index in [9.17, 15) is 0 Å². The molecule has 0 N–H and O–H groups in total. The van der Waals surface area contributed by atoms with Gasteiger partial charge in [-0.1, -0.05) is 6.07 Å². The maximum atomic E-state index is 2.19. The van der Waals surface area contributed by atoms with Gasteiger partial charge in [0.15, 0.2) is 0 Å². The summed E-state index contributed by atoms with van der Waals surface area (Å²) in [5.41, 5.74) is 1.22. The van der Waals surface area contributed by atoms with Crippen molar-refractivity contribution in [2.24, 2.45) is 0 Å². The van der Waals surface area contributed by atoms with Crippen molar-refractivity contribution >= 4 is 17.4 Å². The molecule has 0 aliphatic heterocycles. The normalized spacial score (nSPS) is 10.5. The van der Waals surface area contributed by atoms with Crippen LogP contribution in [0.4, 0.5) is 5.69 Å². The Morgan fingerprint density at radius 3 is 2.38 bits per heavy atom. The average Bonchev–Trinajstić information content (AvgIpc) is 2.16. The van der Waals surface area contributed by atoms with Crippen LogP contribution in [0.25, 0.3) is 0 Å². The summed E-state index contributed by atoms with van der Waals surface area (Å²) in [4.78, 5) is 1.30. The highest BCUT2D eigenvalue weighted by Crippen LogP contribution is 2.21. The van der Waals surface area contributed by atoms with Gasteiger partial charge in [-0.3, -0.25) is 0 Å². The number of nitrogens with zero attached hydrogens (tertiary/aromatic N) is 2. The van der Waals surface area contributed by atoms with E-state index in [4.69, 9.17) is 0 Å². The molecule has 0 aliphatic carbocycles. The summed E-state index contributed by atoms with van der Waals surface area (Å²) in [5.74, 6) is 0. The van der Waals surface area contributed by atoms with Crippen LogP contribution in [0, 0.1) is 0 Å². The standard InChI is InChI=1S/C10H16N2S/c1-11(2)12(3)9-6-5-7-10(8-9)13-4/h5-8H,1-4H3. The van der Waals surface area contributed by atoms with Gasteiger partial charge in [0.05, 0.1) is 5.69 Å². The first-order chi connectivity index (χ1) is 6.15. The molecule has 72 valence electrons. The van der Waals surface area contributed by atoms with E-state index in [1.807, 2.05) is 14.1 Å². The number of benzene rings is 1. The highest BCUT2D eigenvalue weighted by Gasteiger charge is 2.02. The van der Waals surface area contributed by atoms with Gasteiger partial charge in [0.25, 0.3) is 0 Å². The predicted octanol–water partition coefficient (Wildman–Crippen LogP) is 2.32. The van der Waals surface area contributed by atoms with Crippen LogP contribution in [0.5, 0.6) is 0 Å². The van der Waals surface area contributed by atoms with Crippen molar-refractivity contribution in [3.05, 3.63) is 24.3 Å². The van der Waals surface area contributed by atoms with Gasteiger partial charge in [-0.2, -0.15) is 0 Å². The molecule has 0 aliphatic rings. The molecule has 0 atom stereocenters. The molecule has 2 nitrogen and oxygen atoms in total. The maximum Gasteiger partial charge on any atom is 0.0529 e. The van der Waals surface area contributed by atoms with Crippen LogP contribution in [0.15, 0.2) is 29.2 Å². The summed E-state index contributed by atoms with van der Waals surface area (Å²) < 4.78 is 0. The molecule has 1 rings (SSSR count). The van der Waals surface area contributed by atoms with Crippen LogP contribution in [0.3, 0.4) is 0 Å². The van der Waals surface area contributed by atoms with E-state index < -0.39 is 0 Å². The van der Waals surface area contributed by atoms with Crippen molar-refractivity contribution in [2.75, 3.05) is 32.4 Å². The molecular formula is C10H16N2S. The van der Waals surface area contributed by atoms with Gasteiger partial charge in [0, 0.05) is 26.0 Å². The fraction of sp³-hybridized carbons (Fsp3) is 0.400. The van der Waals surface area contributed by atoms with Gasteiger partial charge in [-0.15, -0.1) is 11.8 Å². The van der Waals surface area contributed by atoms with Crippen molar-refractivity contribution in [1.82, 2.24) is 5.01 Å². The highest BCUT2D eigenvalue weighted by molar-refractivity contribution is 7.98. The number of thioether (sulfide) groups is 1. The minimum absolute atomic E-state index is 1.22. The Hall–Kier alpha value is -0.670. The molecule has 0 saturated heterocycles. The lowest BCUT2D eigenvalue weighted by atomic mass is 10.3. The van der Waals surface area contributed by atoms with Crippen molar-refractivity contribution < 1.29 is 0 Å². The Morgan fingerprint density at radius 1 is 1.15 bits per heavy atom. The lowest BCUT2D eigenvalue weighted by Gasteiger charge is -2.26. The third-order valence-corrected chi connectivity index (χ3v) is 2.75. The summed E-state index contributed by atoms with van der Waals surface area (Å²) in [7, 11) is 6.12. The van der Waals surface area contributed by atoms with E-state index in [2.05, 4.69) is 47.6 Å². The first kappa shape index (κ1) is 10.4. The minimum atomic E-state index is 1.22. The van der Waals surface area contributed by atoms with Crippen LogP contribution in [0.1, 0.15) is 0 Å². The molecule has 1 aromatic carbocycles. The van der Waals surface area contributed by atoms with Crippen LogP contribution in [0.2, 0.25) is 0 Å². The first-order valence-electron chi connectivity index (χ1n) is 4.20. The molecule has 0 heterocycles. The van der Waals surface area contributed by atoms with Crippen molar-refractivity contribution in [1.29, 1.82) is 0 Å². The van der Waals surface area contributed by atoms with E-state index in [0.29, 0.717) is 0 Å². The van der Waals surface area contributed by atoms with Crippen molar-refractivity contribution in [3.63, 3.8) is 0 Å². The molecule has 0 radical (unpaired) electrons. The first-order valence-corrected chi connectivity index (χ1v) is 5.42. The quantitative estimate of drug-likeness (QED) is 0.541. The van der Waals surface area contributed by atoms with Crippen LogP contribution in [-0.2, 0) is 0 Å². The summed E-state index contributed by atoms with van der Waals surface area (Å²) >= 11 is 1.77. The summed E-state index contributed by atoms with van der Waals surface area (Å²) in [6.07, 6.45) is 2.09. The summed E-state index contributed by atoms with van der Waals surface area (Å²) in [6.45, 7) is 0. The van der Waals surface area contributed by atoms with Crippen molar-refractivity contribution in [3.8, 4) is 0 Å². The fourth-order valence-electron chi connectivity index (χ4n) is 1.04. The molecule has 3 heteroatoms. The topological polar surface area (TPSA) is 6.48 Å². The van der Waals surface area contributed by atoms with Gasteiger partial charge in [0.1, 0.15) is 0 Å². The second kappa shape index (κ2) is 4.53. The zero-order valence-electron chi connectivity index (χ0n) is 8.61. The number of rotatable bonds is 3. The lowest BCUT2D eigenvalue weighted by Crippen LogP contribution is -2.32. The third kappa shape index (κ3) is 2.64. The number of anilines is 1. The van der Waals surface area contributed by atoms with E-state index in [0.717, 1.165) is 0 Å². The molecule has 0 spiro atoms. The number of hydrogen-bond acceptors (Lipinski definition) is 3. The molecule has 0 bridgehead atoms. The molecule has 0 fully saturated rings. The Morgan fingerprint density at radius 2 is 1.85 bits per heavy atom. The lowest BCUT2D eigenvalue weighted by molar-refractivity contribution is 0.397. The van der Waals surface area contributed by atoms with Gasteiger partial charge in [0.2, 0.25) is 0 Å². The van der Waals surface area contributed by atoms with Crippen LogP contribution in [-0.4, -0.2) is 32.4 Å². The minimum Gasteiger partial charge on any atom is -0.309 e. The van der Waals surface area contributed by atoms with Gasteiger partial charge >= 0.3 is 0 Å².